The van der Waals surface area contributed by atoms with Crippen LogP contribution in [-0.4, -0.2) is 16.6 Å². The lowest BCUT2D eigenvalue weighted by molar-refractivity contribution is -0.131. The standard InChI is InChI=1S/C22H25ClFNO3/c1-13(2)21(27)25-22(3)11-19(14-4-7-16(24)8-5-14)28-20(12-22)17-10-15(23)6-9-18(17)26/h4-10,13,19-20,26H,11-12H2,1-3H3,(H,25,27)/t19-,20+,22-/m0/s1. The van der Waals surface area contributed by atoms with Crippen LogP contribution in [0.2, 0.25) is 5.02 Å². The number of amides is 1. The molecule has 0 spiro atoms. The summed E-state index contributed by atoms with van der Waals surface area (Å²) >= 11 is 6.13. The second-order valence-electron chi connectivity index (χ2n) is 7.98. The first-order chi connectivity index (χ1) is 13.2. The Bertz CT molecular complexity index is 855. The molecule has 0 bridgehead atoms. The summed E-state index contributed by atoms with van der Waals surface area (Å²) in [5.74, 6) is -0.426. The maximum absolute atomic E-state index is 13.4. The summed E-state index contributed by atoms with van der Waals surface area (Å²) in [7, 11) is 0. The van der Waals surface area contributed by atoms with Crippen molar-refractivity contribution in [1.82, 2.24) is 5.32 Å². The lowest BCUT2D eigenvalue weighted by Gasteiger charge is -2.43. The molecule has 150 valence electrons. The minimum absolute atomic E-state index is 0.0451. The van der Waals surface area contributed by atoms with Gasteiger partial charge in [0.15, 0.2) is 0 Å². The van der Waals surface area contributed by atoms with Crippen molar-refractivity contribution in [2.75, 3.05) is 0 Å². The number of benzene rings is 2. The highest BCUT2D eigenvalue weighted by Crippen LogP contribution is 2.46. The molecule has 2 N–H and O–H groups in total. The number of nitrogens with one attached hydrogen (secondary N) is 1. The Kier molecular flexibility index (Phi) is 5.96. The topological polar surface area (TPSA) is 58.6 Å². The quantitative estimate of drug-likeness (QED) is 0.724. The van der Waals surface area contributed by atoms with Crippen molar-refractivity contribution in [3.63, 3.8) is 0 Å². The van der Waals surface area contributed by atoms with Crippen LogP contribution in [-0.2, 0) is 9.53 Å². The van der Waals surface area contributed by atoms with Gasteiger partial charge < -0.3 is 15.2 Å². The van der Waals surface area contributed by atoms with Gasteiger partial charge in [0.25, 0.3) is 0 Å². The molecule has 1 amide bonds. The highest BCUT2D eigenvalue weighted by molar-refractivity contribution is 6.30. The Morgan fingerprint density at radius 2 is 1.86 bits per heavy atom. The number of ether oxygens (including phenoxy) is 1. The summed E-state index contributed by atoms with van der Waals surface area (Å²) in [4.78, 5) is 12.4. The summed E-state index contributed by atoms with van der Waals surface area (Å²) in [5.41, 5.74) is 0.833. The summed E-state index contributed by atoms with van der Waals surface area (Å²) in [6.45, 7) is 5.66. The molecule has 0 aliphatic carbocycles. The summed E-state index contributed by atoms with van der Waals surface area (Å²) in [5, 5.41) is 14.0. The van der Waals surface area contributed by atoms with E-state index in [0.717, 1.165) is 5.56 Å². The number of hydrogen-bond acceptors (Lipinski definition) is 3. The molecule has 1 fully saturated rings. The van der Waals surface area contributed by atoms with E-state index in [1.54, 1.807) is 24.3 Å². The second-order valence-corrected chi connectivity index (χ2v) is 8.42. The fourth-order valence-corrected chi connectivity index (χ4v) is 3.76. The summed E-state index contributed by atoms with van der Waals surface area (Å²) in [6.07, 6.45) is 0.182. The molecule has 6 heteroatoms. The predicted molar refractivity (Wildman–Crippen MR) is 107 cm³/mol. The van der Waals surface area contributed by atoms with Gasteiger partial charge >= 0.3 is 0 Å². The van der Waals surface area contributed by atoms with Crippen LogP contribution in [0.4, 0.5) is 4.39 Å². The summed E-state index contributed by atoms with van der Waals surface area (Å²) < 4.78 is 19.6. The fraction of sp³-hybridized carbons (Fsp3) is 0.409. The predicted octanol–water partition coefficient (Wildman–Crippen LogP) is 5.31. The highest BCUT2D eigenvalue weighted by Gasteiger charge is 2.41. The number of halogens is 2. The van der Waals surface area contributed by atoms with Crippen LogP contribution >= 0.6 is 11.6 Å². The third-order valence-corrected chi connectivity index (χ3v) is 5.36. The largest absolute Gasteiger partial charge is 0.508 e. The van der Waals surface area contributed by atoms with Gasteiger partial charge in [-0.1, -0.05) is 37.6 Å². The van der Waals surface area contributed by atoms with E-state index in [-0.39, 0.29) is 29.5 Å². The molecule has 3 atom stereocenters. The Hall–Kier alpha value is -2.11. The van der Waals surface area contributed by atoms with Gasteiger partial charge in [-0.2, -0.15) is 0 Å². The molecule has 0 radical (unpaired) electrons. The smallest absolute Gasteiger partial charge is 0.222 e. The molecule has 3 rings (SSSR count). The molecule has 2 aromatic carbocycles. The lowest BCUT2D eigenvalue weighted by Crippen LogP contribution is -2.52. The van der Waals surface area contributed by atoms with Crippen LogP contribution in [0.3, 0.4) is 0 Å². The molecule has 0 saturated carbocycles. The molecule has 1 aliphatic heterocycles. The third kappa shape index (κ3) is 4.65. The van der Waals surface area contributed by atoms with Crippen molar-refractivity contribution in [1.29, 1.82) is 0 Å². The van der Waals surface area contributed by atoms with E-state index in [9.17, 15) is 14.3 Å². The van der Waals surface area contributed by atoms with Crippen molar-refractivity contribution in [3.05, 3.63) is 64.4 Å². The molecule has 4 nitrogen and oxygen atoms in total. The van der Waals surface area contributed by atoms with E-state index in [0.29, 0.717) is 23.4 Å². The zero-order chi connectivity index (χ0) is 20.5. The van der Waals surface area contributed by atoms with Crippen molar-refractivity contribution in [3.8, 4) is 5.75 Å². The number of carbonyl (C=O) groups is 1. The molecule has 1 heterocycles. The average molecular weight is 406 g/mol. The molecule has 1 aliphatic rings. The maximum atomic E-state index is 13.4. The molecular formula is C22H25ClFNO3. The third-order valence-electron chi connectivity index (χ3n) is 5.13. The van der Waals surface area contributed by atoms with Crippen molar-refractivity contribution in [2.24, 2.45) is 5.92 Å². The summed E-state index contributed by atoms with van der Waals surface area (Å²) in [6, 6.07) is 11.0. The van der Waals surface area contributed by atoms with Gasteiger partial charge in [-0.25, -0.2) is 4.39 Å². The minimum Gasteiger partial charge on any atom is -0.508 e. The van der Waals surface area contributed by atoms with Crippen LogP contribution in [0.1, 0.15) is 56.9 Å². The Morgan fingerprint density at radius 1 is 1.21 bits per heavy atom. The van der Waals surface area contributed by atoms with E-state index >= 15 is 0 Å². The Balaban J connectivity index is 1.96. The van der Waals surface area contributed by atoms with Crippen LogP contribution in [0.15, 0.2) is 42.5 Å². The first-order valence-electron chi connectivity index (χ1n) is 9.38. The lowest BCUT2D eigenvalue weighted by atomic mass is 9.81. The number of hydrogen-bond donors (Lipinski definition) is 2. The SMILES string of the molecule is CC(C)C(=O)N[C@@]1(C)C[C@@H](c2ccc(F)cc2)O[C@@H](c2cc(Cl)ccc2O)C1. The zero-order valence-corrected chi connectivity index (χ0v) is 17.0. The number of carbonyl (C=O) groups excluding carboxylic acids is 1. The second kappa shape index (κ2) is 8.10. The number of phenols is 1. The minimum atomic E-state index is -0.557. The van der Waals surface area contributed by atoms with Gasteiger partial charge in [0, 0.05) is 34.9 Å². The molecule has 2 aromatic rings. The van der Waals surface area contributed by atoms with E-state index < -0.39 is 11.6 Å². The van der Waals surface area contributed by atoms with Gasteiger partial charge in [0.1, 0.15) is 11.6 Å². The highest BCUT2D eigenvalue weighted by atomic mass is 35.5. The van der Waals surface area contributed by atoms with E-state index in [4.69, 9.17) is 16.3 Å². The normalized spacial score (nSPS) is 24.9. The van der Waals surface area contributed by atoms with Crippen molar-refractivity contribution >= 4 is 17.5 Å². The number of rotatable bonds is 4. The van der Waals surface area contributed by atoms with Gasteiger partial charge in [-0.15, -0.1) is 0 Å². The van der Waals surface area contributed by atoms with Gasteiger partial charge in [-0.3, -0.25) is 4.79 Å². The van der Waals surface area contributed by atoms with Crippen LogP contribution < -0.4 is 5.32 Å². The van der Waals surface area contributed by atoms with Crippen LogP contribution in [0.5, 0.6) is 5.75 Å². The van der Waals surface area contributed by atoms with Gasteiger partial charge in [-0.05, 0) is 42.8 Å². The van der Waals surface area contributed by atoms with E-state index in [1.165, 1.54) is 18.2 Å². The average Bonchev–Trinajstić information content (AvgIpc) is 2.63. The van der Waals surface area contributed by atoms with Crippen LogP contribution in [0.25, 0.3) is 0 Å². The first kappa shape index (κ1) is 20.6. The molecule has 0 unspecified atom stereocenters. The van der Waals surface area contributed by atoms with Crippen molar-refractivity contribution in [2.45, 2.75) is 51.4 Å². The Morgan fingerprint density at radius 3 is 2.50 bits per heavy atom. The Labute approximate surface area is 169 Å². The molecule has 0 aromatic heterocycles. The van der Waals surface area contributed by atoms with Gasteiger partial charge in [0.2, 0.25) is 5.91 Å². The van der Waals surface area contributed by atoms with E-state index in [2.05, 4.69) is 5.32 Å². The monoisotopic (exact) mass is 405 g/mol. The fourth-order valence-electron chi connectivity index (χ4n) is 3.58. The number of aromatic hydroxyl groups is 1. The molecule has 1 saturated heterocycles. The van der Waals surface area contributed by atoms with Gasteiger partial charge in [0.05, 0.1) is 12.2 Å². The molecule has 28 heavy (non-hydrogen) atoms. The van der Waals surface area contributed by atoms with Crippen molar-refractivity contribution < 1.29 is 19.0 Å². The number of phenolic OH excluding ortho intramolecular Hbond substituents is 1. The van der Waals surface area contributed by atoms with E-state index in [1.807, 2.05) is 20.8 Å². The van der Waals surface area contributed by atoms with Crippen LogP contribution in [0, 0.1) is 11.7 Å². The zero-order valence-electron chi connectivity index (χ0n) is 16.2. The molecular weight excluding hydrogens is 381 g/mol. The maximum Gasteiger partial charge on any atom is 0.222 e. The first-order valence-corrected chi connectivity index (χ1v) is 9.76.